The Balaban J connectivity index is 1.51. The fourth-order valence-corrected chi connectivity index (χ4v) is 4.42. The Bertz CT molecular complexity index is 848. The van der Waals surface area contributed by atoms with E-state index in [9.17, 15) is 9.18 Å². The van der Waals surface area contributed by atoms with Gasteiger partial charge in [-0.2, -0.15) is 0 Å². The molecular formula is C23H29FN4O. The van der Waals surface area contributed by atoms with Crippen molar-refractivity contribution in [2.75, 3.05) is 19.6 Å². The van der Waals surface area contributed by atoms with Crippen molar-refractivity contribution in [1.82, 2.24) is 19.8 Å². The van der Waals surface area contributed by atoms with Crippen LogP contribution >= 0.6 is 0 Å². The third-order valence-electron chi connectivity index (χ3n) is 6.08. The summed E-state index contributed by atoms with van der Waals surface area (Å²) in [6, 6.07) is 6.83. The quantitative estimate of drug-likeness (QED) is 0.774. The third-order valence-corrected chi connectivity index (χ3v) is 6.08. The minimum Gasteiger partial charge on any atom is -0.339 e. The number of hydrogen-bond donors (Lipinski definition) is 0. The maximum absolute atomic E-state index is 13.2. The van der Waals surface area contributed by atoms with Crippen LogP contribution in [0.5, 0.6) is 0 Å². The molecule has 1 atom stereocenters. The van der Waals surface area contributed by atoms with Gasteiger partial charge in [0.2, 0.25) is 0 Å². The number of rotatable bonds is 4. The van der Waals surface area contributed by atoms with Crippen molar-refractivity contribution < 1.29 is 9.18 Å². The maximum atomic E-state index is 13.2. The van der Waals surface area contributed by atoms with Gasteiger partial charge in [0.1, 0.15) is 11.6 Å². The molecule has 2 saturated heterocycles. The van der Waals surface area contributed by atoms with Gasteiger partial charge in [-0.25, -0.2) is 14.4 Å². The zero-order valence-corrected chi connectivity index (χ0v) is 17.1. The Hall–Kier alpha value is -2.34. The normalized spacial score (nSPS) is 20.6. The molecule has 0 N–H and O–H groups in total. The Morgan fingerprint density at radius 2 is 1.79 bits per heavy atom. The van der Waals surface area contributed by atoms with Gasteiger partial charge < -0.3 is 4.90 Å². The molecule has 5 nitrogen and oxygen atoms in total. The van der Waals surface area contributed by atoms with Crippen LogP contribution in [0.25, 0.3) is 0 Å². The molecule has 2 fully saturated rings. The fraction of sp³-hybridized carbons (Fsp3) is 0.522. The van der Waals surface area contributed by atoms with Crippen LogP contribution in [0, 0.1) is 12.7 Å². The molecule has 2 aromatic rings. The number of likely N-dealkylation sites (tertiary alicyclic amines) is 2. The van der Waals surface area contributed by atoms with Crippen LogP contribution < -0.4 is 0 Å². The fourth-order valence-electron chi connectivity index (χ4n) is 4.42. The second-order valence-corrected chi connectivity index (χ2v) is 8.19. The number of benzene rings is 1. The maximum Gasteiger partial charge on any atom is 0.257 e. The first-order valence-electron chi connectivity index (χ1n) is 10.7. The molecule has 29 heavy (non-hydrogen) atoms. The Labute approximate surface area is 172 Å². The number of carbonyl (C=O) groups excluding carboxylic acids is 1. The molecule has 154 valence electrons. The van der Waals surface area contributed by atoms with E-state index in [0.717, 1.165) is 75.4 Å². The lowest BCUT2D eigenvalue weighted by molar-refractivity contribution is 0.0722. The zero-order valence-electron chi connectivity index (χ0n) is 17.1. The number of carbonyl (C=O) groups is 1. The molecule has 4 rings (SSSR count). The van der Waals surface area contributed by atoms with Crippen molar-refractivity contribution in [3.05, 3.63) is 58.9 Å². The number of amides is 1. The van der Waals surface area contributed by atoms with E-state index in [-0.39, 0.29) is 17.8 Å². The van der Waals surface area contributed by atoms with Crippen molar-refractivity contribution in [2.24, 2.45) is 0 Å². The molecule has 1 amide bonds. The molecule has 1 aromatic heterocycles. The molecule has 0 unspecified atom stereocenters. The second-order valence-electron chi connectivity index (χ2n) is 8.19. The van der Waals surface area contributed by atoms with Crippen LogP contribution in [-0.2, 0) is 6.54 Å². The van der Waals surface area contributed by atoms with Gasteiger partial charge in [0.15, 0.2) is 0 Å². The van der Waals surface area contributed by atoms with Gasteiger partial charge >= 0.3 is 0 Å². The van der Waals surface area contributed by atoms with E-state index < -0.39 is 0 Å². The smallest absolute Gasteiger partial charge is 0.257 e. The summed E-state index contributed by atoms with van der Waals surface area (Å²) in [7, 11) is 0. The molecule has 0 bridgehead atoms. The first kappa shape index (κ1) is 20.0. The van der Waals surface area contributed by atoms with E-state index >= 15 is 0 Å². The van der Waals surface area contributed by atoms with E-state index in [1.165, 1.54) is 18.6 Å². The minimum absolute atomic E-state index is 0.0561. The summed E-state index contributed by atoms with van der Waals surface area (Å²) in [5.74, 6) is 0.636. The first-order valence-corrected chi connectivity index (χ1v) is 10.7. The van der Waals surface area contributed by atoms with Gasteiger partial charge in [0.05, 0.1) is 17.3 Å². The zero-order chi connectivity index (χ0) is 20.2. The van der Waals surface area contributed by atoms with Crippen LogP contribution in [0.15, 0.2) is 30.5 Å². The number of piperidine rings is 2. The van der Waals surface area contributed by atoms with Crippen LogP contribution in [0.3, 0.4) is 0 Å². The summed E-state index contributed by atoms with van der Waals surface area (Å²) in [4.78, 5) is 26.5. The monoisotopic (exact) mass is 396 g/mol. The second kappa shape index (κ2) is 8.99. The third kappa shape index (κ3) is 4.64. The van der Waals surface area contributed by atoms with Gasteiger partial charge in [-0.05, 0) is 63.3 Å². The SMILES string of the molecule is Cc1nc([C@H]2CCCCN2Cc2ccc(F)cc2)ncc1C(=O)N1CCCCC1. The molecule has 1 aromatic carbocycles. The molecule has 0 spiro atoms. The molecule has 2 aliphatic heterocycles. The highest BCUT2D eigenvalue weighted by Crippen LogP contribution is 2.30. The molecular weight excluding hydrogens is 367 g/mol. The summed E-state index contributed by atoms with van der Waals surface area (Å²) in [5, 5.41) is 0. The predicted molar refractivity (Wildman–Crippen MR) is 110 cm³/mol. The molecule has 6 heteroatoms. The number of halogens is 1. The highest BCUT2D eigenvalue weighted by molar-refractivity contribution is 5.95. The summed E-state index contributed by atoms with van der Waals surface area (Å²) in [6.07, 6.45) is 8.35. The molecule has 2 aliphatic rings. The number of nitrogens with zero attached hydrogens (tertiary/aromatic N) is 4. The summed E-state index contributed by atoms with van der Waals surface area (Å²) in [6.45, 7) is 5.29. The van der Waals surface area contributed by atoms with Gasteiger partial charge in [-0.3, -0.25) is 9.69 Å². The van der Waals surface area contributed by atoms with Crippen molar-refractivity contribution in [3.8, 4) is 0 Å². The van der Waals surface area contributed by atoms with Crippen molar-refractivity contribution in [3.63, 3.8) is 0 Å². The summed E-state index contributed by atoms with van der Waals surface area (Å²) < 4.78 is 13.2. The summed E-state index contributed by atoms with van der Waals surface area (Å²) >= 11 is 0. The average Bonchev–Trinajstić information content (AvgIpc) is 2.76. The van der Waals surface area contributed by atoms with Crippen LogP contribution in [0.2, 0.25) is 0 Å². The number of aromatic nitrogens is 2. The average molecular weight is 397 g/mol. The first-order chi connectivity index (χ1) is 14.1. The lowest BCUT2D eigenvalue weighted by Gasteiger charge is -2.35. The number of hydrogen-bond acceptors (Lipinski definition) is 4. The van der Waals surface area contributed by atoms with Crippen molar-refractivity contribution in [1.29, 1.82) is 0 Å². The van der Waals surface area contributed by atoms with Gasteiger partial charge in [-0.1, -0.05) is 18.6 Å². The van der Waals surface area contributed by atoms with Crippen molar-refractivity contribution >= 4 is 5.91 Å². The van der Waals surface area contributed by atoms with Crippen LogP contribution in [-0.4, -0.2) is 45.3 Å². The number of aryl methyl sites for hydroxylation is 1. The predicted octanol–water partition coefficient (Wildman–Crippen LogP) is 4.28. The van der Waals surface area contributed by atoms with E-state index in [0.29, 0.717) is 5.56 Å². The molecule has 3 heterocycles. The Kier molecular flexibility index (Phi) is 6.19. The minimum atomic E-state index is -0.211. The highest BCUT2D eigenvalue weighted by atomic mass is 19.1. The standard InChI is InChI=1S/C23H29FN4O/c1-17-20(23(29)27-12-4-2-5-13-27)15-25-22(26-17)21-7-3-6-14-28(21)16-18-8-10-19(24)11-9-18/h8-11,15,21H,2-7,12-14,16H2,1H3/t21-/m1/s1. The van der Waals surface area contributed by atoms with E-state index in [4.69, 9.17) is 4.98 Å². The van der Waals surface area contributed by atoms with Gasteiger partial charge in [0.25, 0.3) is 5.91 Å². The lowest BCUT2D eigenvalue weighted by atomic mass is 10.00. The van der Waals surface area contributed by atoms with Gasteiger partial charge in [-0.15, -0.1) is 0 Å². The molecule has 0 aliphatic carbocycles. The van der Waals surface area contributed by atoms with E-state index in [1.54, 1.807) is 6.20 Å². The van der Waals surface area contributed by atoms with E-state index in [2.05, 4.69) is 9.88 Å². The van der Waals surface area contributed by atoms with Crippen LogP contribution in [0.1, 0.15) is 72.0 Å². The van der Waals surface area contributed by atoms with Crippen LogP contribution in [0.4, 0.5) is 4.39 Å². The van der Waals surface area contributed by atoms with Gasteiger partial charge in [0, 0.05) is 25.8 Å². The van der Waals surface area contributed by atoms with E-state index in [1.807, 2.05) is 24.0 Å². The van der Waals surface area contributed by atoms with Crippen molar-refractivity contribution in [2.45, 2.75) is 58.0 Å². The summed E-state index contributed by atoms with van der Waals surface area (Å²) in [5.41, 5.74) is 2.47. The largest absolute Gasteiger partial charge is 0.339 e. The Morgan fingerprint density at radius 1 is 1.07 bits per heavy atom. The molecule has 0 saturated carbocycles. The molecule has 0 radical (unpaired) electrons. The highest BCUT2D eigenvalue weighted by Gasteiger charge is 2.28. The Morgan fingerprint density at radius 3 is 2.52 bits per heavy atom. The topological polar surface area (TPSA) is 49.3 Å². The lowest BCUT2D eigenvalue weighted by Crippen LogP contribution is -2.37.